The highest BCUT2D eigenvalue weighted by atomic mass is 16.4. The Morgan fingerprint density at radius 1 is 0.818 bits per heavy atom. The third-order valence-corrected chi connectivity index (χ3v) is 6.15. The third-order valence-electron chi connectivity index (χ3n) is 6.15. The van der Waals surface area contributed by atoms with E-state index in [1.54, 1.807) is 0 Å². The molecule has 2 saturated heterocycles. The molecule has 4 N–H and O–H groups in total. The molecule has 11 heteroatoms. The maximum Gasteiger partial charge on any atom is 0.303 e. The number of likely N-dealkylation sites (N-methyl/N-ethyl adjacent to an activating group) is 1. The summed E-state index contributed by atoms with van der Waals surface area (Å²) >= 11 is 0. The van der Waals surface area contributed by atoms with E-state index in [0.29, 0.717) is 25.6 Å². The molecule has 2 fully saturated rings. The Morgan fingerprint density at radius 3 is 2.06 bits per heavy atom. The van der Waals surface area contributed by atoms with Crippen molar-refractivity contribution in [2.45, 2.75) is 44.6 Å². The number of amides is 3. The quantitative estimate of drug-likeness (QED) is 0.136. The summed E-state index contributed by atoms with van der Waals surface area (Å²) in [5.41, 5.74) is 0. The van der Waals surface area contributed by atoms with Crippen LogP contribution in [-0.2, 0) is 19.2 Å². The van der Waals surface area contributed by atoms with E-state index in [-0.39, 0.29) is 50.1 Å². The van der Waals surface area contributed by atoms with Crippen LogP contribution in [0.2, 0.25) is 0 Å². The molecule has 0 spiro atoms. The van der Waals surface area contributed by atoms with Crippen molar-refractivity contribution in [1.82, 2.24) is 30.7 Å². The predicted molar refractivity (Wildman–Crippen MR) is 124 cm³/mol. The second kappa shape index (κ2) is 14.8. The molecule has 2 aliphatic rings. The Kier molecular flexibility index (Phi) is 12.1. The number of carbonyl (C=O) groups excluding carboxylic acids is 3. The maximum absolute atomic E-state index is 12.3. The summed E-state index contributed by atoms with van der Waals surface area (Å²) in [6.07, 6.45) is 2.92. The summed E-state index contributed by atoms with van der Waals surface area (Å²) in [5, 5.41) is 16.6. The Bertz CT molecular complexity index is 653. The highest BCUT2D eigenvalue weighted by molar-refractivity contribution is 5.81. The third kappa shape index (κ3) is 11.4. The SMILES string of the molecule is [13CH3]N1CCN([13CH2][13CH]2[13CH2][13CH2][13CH2]N2CC(=O)[15NH][13CH2][13CH2][13C](=O)[15NH]CCC(=O)[15NH]CCCC(=O)O)[13CH2][13CH2]1. The van der Waals surface area contributed by atoms with E-state index in [2.05, 4.69) is 37.7 Å². The number of carbonyl (C=O) groups is 4. The van der Waals surface area contributed by atoms with Crippen molar-refractivity contribution in [2.24, 2.45) is 0 Å². The van der Waals surface area contributed by atoms with Gasteiger partial charge in [0.15, 0.2) is 0 Å². The molecule has 188 valence electrons. The lowest BCUT2D eigenvalue weighted by Gasteiger charge is -2.36. The number of hydrogen-bond donors (Lipinski definition) is 4. The van der Waals surface area contributed by atoms with Crippen LogP contribution in [0.25, 0.3) is 0 Å². The molecule has 0 bridgehead atoms. The van der Waals surface area contributed by atoms with Gasteiger partial charge in [0.2, 0.25) is 17.7 Å². The van der Waals surface area contributed by atoms with E-state index < -0.39 is 5.97 Å². The van der Waals surface area contributed by atoms with E-state index in [1.807, 2.05) is 0 Å². The molecule has 2 heterocycles. The molecule has 0 aromatic rings. The van der Waals surface area contributed by atoms with Crippen molar-refractivity contribution >= 4 is 23.7 Å². The fourth-order valence-electron chi connectivity index (χ4n) is 4.15. The summed E-state index contributed by atoms with van der Waals surface area (Å²) in [5.74, 6) is -1.41. The number of nitrogens with one attached hydrogen (secondary N) is 3. The normalized spacial score (nSPS) is 19.8. The number of nitrogens with zero attached hydrogens (tertiary/aromatic N) is 3. The molecule has 11 nitrogen and oxygen atoms in total. The van der Waals surface area contributed by atoms with Crippen molar-refractivity contribution < 1.29 is 24.3 Å². The Balaban J connectivity index is 1.52. The van der Waals surface area contributed by atoms with Crippen LogP contribution in [0.3, 0.4) is 0 Å². The molecule has 0 saturated carbocycles. The summed E-state index contributed by atoms with van der Waals surface area (Å²) in [7, 11) is 2.15. The first kappa shape index (κ1) is 27.0. The minimum atomic E-state index is -0.894. The lowest BCUT2D eigenvalue weighted by atomic mass is 10.3. The zero-order valence-corrected chi connectivity index (χ0v) is 19.8. The molecule has 1 atom stereocenters. The van der Waals surface area contributed by atoms with E-state index in [1.165, 1.54) is 0 Å². The molecule has 0 aromatic heterocycles. The molecule has 2 aliphatic heterocycles. The number of piperazine rings is 1. The Labute approximate surface area is 196 Å². The van der Waals surface area contributed by atoms with E-state index in [4.69, 9.17) is 5.11 Å². The molecule has 33 heavy (non-hydrogen) atoms. The number of likely N-dealkylation sites (tertiary alicyclic amines) is 1. The molecule has 0 radical (unpaired) electrons. The van der Waals surface area contributed by atoms with Gasteiger partial charge < -0.3 is 26.0 Å². The highest BCUT2D eigenvalue weighted by Crippen LogP contribution is 2.18. The Hall–Kier alpha value is -2.24. The van der Waals surface area contributed by atoms with Gasteiger partial charge in [-0.3, -0.25) is 29.0 Å². The topological polar surface area (TPSA) is 134 Å². The first-order valence-electron chi connectivity index (χ1n) is 12.0. The summed E-state index contributed by atoms with van der Waals surface area (Å²) in [4.78, 5) is 53.4. The van der Waals surface area contributed by atoms with Gasteiger partial charge in [0.25, 0.3) is 0 Å². The lowest BCUT2D eigenvalue weighted by molar-refractivity contribution is -0.137. The minimum absolute atomic E-state index is 0.0113. The van der Waals surface area contributed by atoms with Crippen LogP contribution in [0.15, 0.2) is 0 Å². The molecule has 2 rings (SSSR count). The van der Waals surface area contributed by atoms with Crippen molar-refractivity contribution in [3.05, 3.63) is 0 Å². The number of carboxylic acids is 1. The number of aliphatic carboxylic acids is 1. The van der Waals surface area contributed by atoms with Crippen molar-refractivity contribution in [3.63, 3.8) is 0 Å². The summed E-state index contributed by atoms with van der Waals surface area (Å²) in [6, 6.07) is 0.415. The van der Waals surface area contributed by atoms with Gasteiger partial charge in [0.05, 0.1) is 6.54 Å². The van der Waals surface area contributed by atoms with Gasteiger partial charge in [0, 0.05) is 77.7 Å². The van der Waals surface area contributed by atoms with Crippen LogP contribution in [0.5, 0.6) is 0 Å². The lowest BCUT2D eigenvalue weighted by Crippen LogP contribution is -2.50. The van der Waals surface area contributed by atoms with Crippen LogP contribution in [0.4, 0.5) is 0 Å². The fraction of sp³-hybridized carbons (Fsp3) is 0.818. The average Bonchev–Trinajstić information content (AvgIpc) is 3.19. The largest absolute Gasteiger partial charge is 0.481 e. The van der Waals surface area contributed by atoms with Gasteiger partial charge in [-0.1, -0.05) is 0 Å². The summed E-state index contributed by atoms with van der Waals surface area (Å²) in [6.45, 7) is 7.42. The standard InChI is InChI=1S/C22H40N6O5/c1-26-12-14-27(15-13-26)16-18-4-3-11-28(18)17-21(31)25-10-7-20(30)24-9-6-19(29)23-8-2-5-22(32)33/h18H,2-17H2,1H3,(H,23,29)(H,24,30)(H,25,31)(H,32,33)/i1+1,3+1,4+1,7+1,10+1,11+1,12+1,14+1,16+1,18+1,20+1,23+1,24+1,25+1. The van der Waals surface area contributed by atoms with Gasteiger partial charge in [0.1, 0.15) is 0 Å². The second-order valence-corrected chi connectivity index (χ2v) is 8.92. The van der Waals surface area contributed by atoms with E-state index in [0.717, 1.165) is 52.1 Å². The molecular weight excluding hydrogens is 442 g/mol. The first-order chi connectivity index (χ1) is 15.8. The zero-order valence-electron chi connectivity index (χ0n) is 19.8. The van der Waals surface area contributed by atoms with E-state index in [9.17, 15) is 19.2 Å². The fourth-order valence-corrected chi connectivity index (χ4v) is 4.15. The average molecular weight is 482 g/mol. The van der Waals surface area contributed by atoms with Gasteiger partial charge in [-0.15, -0.1) is 0 Å². The van der Waals surface area contributed by atoms with Gasteiger partial charge in [-0.05, 0) is 32.9 Å². The number of carboxylic acid groups (broad SMARTS) is 1. The Morgan fingerprint density at radius 2 is 1.42 bits per heavy atom. The van der Waals surface area contributed by atoms with E-state index >= 15 is 0 Å². The maximum atomic E-state index is 12.3. The predicted octanol–water partition coefficient (Wildman–Crippen LogP) is -1.31. The van der Waals surface area contributed by atoms with Crippen LogP contribution in [-0.4, -0.2) is 122 Å². The second-order valence-electron chi connectivity index (χ2n) is 8.92. The molecule has 0 aliphatic carbocycles. The number of rotatable bonds is 14. The minimum Gasteiger partial charge on any atom is -0.481 e. The number of hydrogen-bond acceptors (Lipinski definition) is 7. The molecule has 3 amide bonds. The molecule has 1 unspecified atom stereocenters. The zero-order chi connectivity index (χ0) is 24.1. The van der Waals surface area contributed by atoms with Gasteiger partial charge >= 0.3 is 5.97 Å². The first-order valence-corrected chi connectivity index (χ1v) is 12.0. The van der Waals surface area contributed by atoms with Crippen molar-refractivity contribution in [3.8, 4) is 0 Å². The van der Waals surface area contributed by atoms with Crippen LogP contribution < -0.4 is 16.0 Å². The smallest absolute Gasteiger partial charge is 0.303 e. The van der Waals surface area contributed by atoms with Gasteiger partial charge in [-0.25, -0.2) is 0 Å². The van der Waals surface area contributed by atoms with Gasteiger partial charge in [-0.2, -0.15) is 0 Å². The highest BCUT2D eigenvalue weighted by Gasteiger charge is 2.28. The van der Waals surface area contributed by atoms with Crippen LogP contribution in [0.1, 0.15) is 38.5 Å². The summed E-state index contributed by atoms with van der Waals surface area (Å²) < 4.78 is 0. The van der Waals surface area contributed by atoms with Crippen molar-refractivity contribution in [1.29, 1.82) is 0 Å². The van der Waals surface area contributed by atoms with Crippen LogP contribution >= 0.6 is 0 Å². The van der Waals surface area contributed by atoms with Crippen molar-refractivity contribution in [2.75, 3.05) is 72.5 Å². The monoisotopic (exact) mass is 482 g/mol. The molecule has 0 aromatic carbocycles. The molecular formula is C22H40N6O5. The van der Waals surface area contributed by atoms with Crippen LogP contribution in [0, 0.1) is 0 Å².